The maximum absolute atomic E-state index is 4.81. The Morgan fingerprint density at radius 1 is 1.37 bits per heavy atom. The molecule has 1 saturated carbocycles. The maximum atomic E-state index is 4.81. The van der Waals surface area contributed by atoms with Gasteiger partial charge in [-0.05, 0) is 31.2 Å². The van der Waals surface area contributed by atoms with Gasteiger partial charge in [0.25, 0.3) is 0 Å². The lowest BCUT2D eigenvalue weighted by atomic mass is 10.1. The van der Waals surface area contributed by atoms with Crippen LogP contribution in [0.25, 0.3) is 10.2 Å². The first-order chi connectivity index (χ1) is 9.05. The van der Waals surface area contributed by atoms with E-state index in [1.165, 1.54) is 16.7 Å². The van der Waals surface area contributed by atoms with Crippen molar-refractivity contribution < 1.29 is 0 Å². The molecule has 3 rings (SSSR count). The Labute approximate surface area is 118 Å². The standard InChI is InChI=1S/C15H21N3S/c1-5-9-7-10-12(16-6-2)17-13(18-14(10)19-9)11-8-15(11,3)4/h7,11H,5-6,8H2,1-4H3,(H,16,17,18). The number of anilines is 1. The van der Waals surface area contributed by atoms with Crippen LogP contribution in [-0.2, 0) is 6.42 Å². The van der Waals surface area contributed by atoms with Crippen molar-refractivity contribution in [3.05, 3.63) is 16.8 Å². The highest BCUT2D eigenvalue weighted by Gasteiger charge is 2.48. The Bertz CT molecular complexity index is 615. The summed E-state index contributed by atoms with van der Waals surface area (Å²) in [6, 6.07) is 2.24. The van der Waals surface area contributed by atoms with Gasteiger partial charge in [0.05, 0.1) is 5.39 Å². The fraction of sp³-hybridized carbons (Fsp3) is 0.600. The minimum atomic E-state index is 0.377. The second-order valence-corrected chi connectivity index (χ2v) is 7.11. The average molecular weight is 275 g/mol. The van der Waals surface area contributed by atoms with Gasteiger partial charge in [-0.2, -0.15) is 0 Å². The molecule has 0 aliphatic heterocycles. The fourth-order valence-electron chi connectivity index (χ4n) is 2.53. The minimum Gasteiger partial charge on any atom is -0.370 e. The molecule has 19 heavy (non-hydrogen) atoms. The Hall–Kier alpha value is -1.16. The summed E-state index contributed by atoms with van der Waals surface area (Å²) in [4.78, 5) is 12.1. The molecule has 1 aliphatic carbocycles. The van der Waals surface area contributed by atoms with E-state index in [0.717, 1.165) is 29.4 Å². The van der Waals surface area contributed by atoms with E-state index in [-0.39, 0.29) is 0 Å². The molecule has 2 aromatic heterocycles. The highest BCUT2D eigenvalue weighted by atomic mass is 32.1. The second kappa shape index (κ2) is 4.44. The third kappa shape index (κ3) is 2.22. The summed E-state index contributed by atoms with van der Waals surface area (Å²) in [5.41, 5.74) is 0.377. The summed E-state index contributed by atoms with van der Waals surface area (Å²) in [6.45, 7) is 9.79. The van der Waals surface area contributed by atoms with Crippen LogP contribution in [0.3, 0.4) is 0 Å². The van der Waals surface area contributed by atoms with Crippen molar-refractivity contribution in [2.45, 2.75) is 46.5 Å². The first kappa shape index (κ1) is 12.9. The number of nitrogens with zero attached hydrogens (tertiary/aromatic N) is 2. The molecule has 1 aliphatic rings. The van der Waals surface area contributed by atoms with Gasteiger partial charge in [0.1, 0.15) is 16.5 Å². The lowest BCUT2D eigenvalue weighted by Gasteiger charge is -2.07. The number of aryl methyl sites for hydroxylation is 1. The molecular formula is C15H21N3S. The van der Waals surface area contributed by atoms with E-state index in [4.69, 9.17) is 9.97 Å². The van der Waals surface area contributed by atoms with Crippen molar-refractivity contribution in [3.63, 3.8) is 0 Å². The summed E-state index contributed by atoms with van der Waals surface area (Å²) in [6.07, 6.45) is 2.27. The monoisotopic (exact) mass is 275 g/mol. The number of hydrogen-bond donors (Lipinski definition) is 1. The van der Waals surface area contributed by atoms with Crippen LogP contribution in [0.15, 0.2) is 6.07 Å². The number of fused-ring (bicyclic) bond motifs is 1. The van der Waals surface area contributed by atoms with E-state index in [1.807, 2.05) is 0 Å². The number of hydrogen-bond acceptors (Lipinski definition) is 4. The molecule has 3 nitrogen and oxygen atoms in total. The molecule has 102 valence electrons. The van der Waals surface area contributed by atoms with Crippen molar-refractivity contribution >= 4 is 27.4 Å². The molecule has 0 amide bonds. The van der Waals surface area contributed by atoms with E-state index < -0.39 is 0 Å². The number of aromatic nitrogens is 2. The van der Waals surface area contributed by atoms with Crippen LogP contribution in [0.2, 0.25) is 0 Å². The molecule has 4 heteroatoms. The molecule has 2 heterocycles. The van der Waals surface area contributed by atoms with Crippen LogP contribution in [0, 0.1) is 5.41 Å². The minimum absolute atomic E-state index is 0.377. The molecule has 0 radical (unpaired) electrons. The van der Waals surface area contributed by atoms with Crippen molar-refractivity contribution in [1.29, 1.82) is 0 Å². The van der Waals surface area contributed by atoms with Gasteiger partial charge in [-0.25, -0.2) is 9.97 Å². The molecule has 0 saturated heterocycles. The van der Waals surface area contributed by atoms with E-state index in [2.05, 4.69) is 39.1 Å². The van der Waals surface area contributed by atoms with Gasteiger partial charge in [-0.15, -0.1) is 11.3 Å². The van der Waals surface area contributed by atoms with Crippen LogP contribution < -0.4 is 5.32 Å². The predicted molar refractivity (Wildman–Crippen MR) is 82.1 cm³/mol. The Morgan fingerprint density at radius 2 is 2.11 bits per heavy atom. The quantitative estimate of drug-likeness (QED) is 0.908. The number of thiophene rings is 1. The van der Waals surface area contributed by atoms with Crippen molar-refractivity contribution in [1.82, 2.24) is 9.97 Å². The van der Waals surface area contributed by atoms with Crippen LogP contribution in [-0.4, -0.2) is 16.5 Å². The van der Waals surface area contributed by atoms with Crippen LogP contribution in [0.5, 0.6) is 0 Å². The van der Waals surface area contributed by atoms with Gasteiger partial charge in [-0.3, -0.25) is 0 Å². The van der Waals surface area contributed by atoms with E-state index in [9.17, 15) is 0 Å². The molecule has 1 fully saturated rings. The third-order valence-corrected chi connectivity index (χ3v) is 5.15. The van der Waals surface area contributed by atoms with E-state index in [0.29, 0.717) is 11.3 Å². The predicted octanol–water partition coefficient (Wildman–Crippen LogP) is 4.20. The van der Waals surface area contributed by atoms with Gasteiger partial charge in [-0.1, -0.05) is 20.8 Å². The molecule has 1 atom stereocenters. The lowest BCUT2D eigenvalue weighted by Crippen LogP contribution is -2.04. The third-order valence-electron chi connectivity index (χ3n) is 3.98. The van der Waals surface area contributed by atoms with Crippen LogP contribution in [0.1, 0.15) is 50.7 Å². The van der Waals surface area contributed by atoms with Gasteiger partial charge < -0.3 is 5.32 Å². The normalized spacial score (nSPS) is 20.7. The van der Waals surface area contributed by atoms with Crippen molar-refractivity contribution in [2.24, 2.45) is 5.41 Å². The fourth-order valence-corrected chi connectivity index (χ4v) is 3.50. The Morgan fingerprint density at radius 3 is 2.68 bits per heavy atom. The van der Waals surface area contributed by atoms with Crippen molar-refractivity contribution in [2.75, 3.05) is 11.9 Å². The largest absolute Gasteiger partial charge is 0.370 e. The summed E-state index contributed by atoms with van der Waals surface area (Å²) in [5.74, 6) is 2.57. The SMILES string of the molecule is CCNc1nc(C2CC2(C)C)nc2sc(CC)cc12. The molecule has 2 aromatic rings. The first-order valence-electron chi connectivity index (χ1n) is 7.09. The lowest BCUT2D eigenvalue weighted by molar-refractivity contribution is 0.610. The number of rotatable bonds is 4. The molecule has 0 aromatic carbocycles. The summed E-state index contributed by atoms with van der Waals surface area (Å²) >= 11 is 1.81. The zero-order valence-corrected chi connectivity index (χ0v) is 12.9. The number of nitrogens with one attached hydrogen (secondary N) is 1. The smallest absolute Gasteiger partial charge is 0.138 e. The van der Waals surface area contributed by atoms with Crippen LogP contribution >= 0.6 is 11.3 Å². The maximum Gasteiger partial charge on any atom is 0.138 e. The molecule has 1 unspecified atom stereocenters. The molecule has 0 bridgehead atoms. The Balaban J connectivity index is 2.10. The van der Waals surface area contributed by atoms with Gasteiger partial charge in [0.15, 0.2) is 0 Å². The molecular weight excluding hydrogens is 254 g/mol. The van der Waals surface area contributed by atoms with Gasteiger partial charge in [0, 0.05) is 17.3 Å². The van der Waals surface area contributed by atoms with Gasteiger partial charge >= 0.3 is 0 Å². The average Bonchev–Trinajstić information content (AvgIpc) is 2.84. The highest BCUT2D eigenvalue weighted by molar-refractivity contribution is 7.18. The molecule has 0 spiro atoms. The zero-order valence-electron chi connectivity index (χ0n) is 12.1. The topological polar surface area (TPSA) is 37.8 Å². The van der Waals surface area contributed by atoms with E-state index >= 15 is 0 Å². The van der Waals surface area contributed by atoms with Crippen molar-refractivity contribution in [3.8, 4) is 0 Å². The Kier molecular flexibility index (Phi) is 3.01. The summed E-state index contributed by atoms with van der Waals surface area (Å²) in [5, 5.41) is 4.58. The molecule has 1 N–H and O–H groups in total. The van der Waals surface area contributed by atoms with E-state index in [1.54, 1.807) is 11.3 Å². The second-order valence-electron chi connectivity index (χ2n) is 5.99. The zero-order chi connectivity index (χ0) is 13.6. The van der Waals surface area contributed by atoms with Crippen LogP contribution in [0.4, 0.5) is 5.82 Å². The highest BCUT2D eigenvalue weighted by Crippen LogP contribution is 2.57. The van der Waals surface area contributed by atoms with Gasteiger partial charge in [0.2, 0.25) is 0 Å². The first-order valence-corrected chi connectivity index (χ1v) is 7.91. The summed E-state index contributed by atoms with van der Waals surface area (Å²) in [7, 11) is 0. The summed E-state index contributed by atoms with van der Waals surface area (Å²) < 4.78 is 0.